The molecule has 0 unspecified atom stereocenters. The van der Waals surface area contributed by atoms with Crippen molar-refractivity contribution in [1.82, 2.24) is 4.57 Å². The summed E-state index contributed by atoms with van der Waals surface area (Å²) in [5.74, 6) is 0.402. The largest absolute Gasteiger partial charge is 0.326 e. The van der Waals surface area contributed by atoms with Gasteiger partial charge in [0, 0.05) is 24.2 Å². The minimum Gasteiger partial charge on any atom is -0.326 e. The Morgan fingerprint density at radius 3 is 2.48 bits per heavy atom. The number of benzene rings is 1. The molecule has 1 aromatic heterocycles. The fraction of sp³-hybridized carbons (Fsp3) is 0.389. The molecule has 0 spiro atoms. The van der Waals surface area contributed by atoms with E-state index in [2.05, 4.69) is 45.9 Å². The first-order valence-corrected chi connectivity index (χ1v) is 7.44. The van der Waals surface area contributed by atoms with E-state index in [1.54, 1.807) is 0 Å². The van der Waals surface area contributed by atoms with Gasteiger partial charge in [0.15, 0.2) is 0 Å². The highest BCUT2D eigenvalue weighted by molar-refractivity contribution is 5.65. The summed E-state index contributed by atoms with van der Waals surface area (Å²) in [6.07, 6.45) is 0. The van der Waals surface area contributed by atoms with Gasteiger partial charge in [-0.1, -0.05) is 37.6 Å². The maximum Gasteiger partial charge on any atom is 0.255 e. The van der Waals surface area contributed by atoms with E-state index in [-0.39, 0.29) is 12.1 Å². The van der Waals surface area contributed by atoms with Gasteiger partial charge >= 0.3 is 0 Å². The van der Waals surface area contributed by atoms with Crippen molar-refractivity contribution < 1.29 is 0 Å². The average Bonchev–Trinajstić information content (AvgIpc) is 2.43. The van der Waals surface area contributed by atoms with Gasteiger partial charge in [-0.05, 0) is 37.5 Å². The van der Waals surface area contributed by atoms with Crippen LogP contribution in [-0.4, -0.2) is 4.57 Å². The van der Waals surface area contributed by atoms with Crippen LogP contribution >= 0.6 is 0 Å². The van der Waals surface area contributed by atoms with Crippen molar-refractivity contribution in [2.24, 2.45) is 11.7 Å². The van der Waals surface area contributed by atoms with Crippen molar-refractivity contribution in [2.45, 2.75) is 40.8 Å². The molecule has 0 amide bonds. The second-order valence-corrected chi connectivity index (χ2v) is 6.08. The maximum absolute atomic E-state index is 12.6. The zero-order valence-electron chi connectivity index (χ0n) is 13.3. The Hall–Kier alpha value is -1.87. The molecule has 1 aromatic carbocycles. The van der Waals surface area contributed by atoms with Crippen LogP contribution in [-0.2, 0) is 13.1 Å². The SMILES string of the molecule is Cc1ccc(C)c(-c2ccc(CN)c(=O)n2CC(C)C)c1. The third kappa shape index (κ3) is 3.24. The van der Waals surface area contributed by atoms with Crippen LogP contribution in [0.5, 0.6) is 0 Å². The number of hydrogen-bond acceptors (Lipinski definition) is 2. The summed E-state index contributed by atoms with van der Waals surface area (Å²) >= 11 is 0. The van der Waals surface area contributed by atoms with Gasteiger partial charge in [0.25, 0.3) is 5.56 Å². The fourth-order valence-corrected chi connectivity index (χ4v) is 2.57. The first-order valence-electron chi connectivity index (χ1n) is 7.44. The van der Waals surface area contributed by atoms with Crippen LogP contribution in [0.15, 0.2) is 35.1 Å². The lowest BCUT2D eigenvalue weighted by Crippen LogP contribution is -2.28. The molecule has 112 valence electrons. The number of aryl methyl sites for hydroxylation is 2. The summed E-state index contributed by atoms with van der Waals surface area (Å²) in [6.45, 7) is 9.38. The summed E-state index contributed by atoms with van der Waals surface area (Å²) in [5, 5.41) is 0. The van der Waals surface area contributed by atoms with Crippen LogP contribution in [0, 0.1) is 19.8 Å². The highest BCUT2D eigenvalue weighted by atomic mass is 16.1. The third-order valence-corrected chi connectivity index (χ3v) is 3.69. The molecule has 0 aliphatic rings. The van der Waals surface area contributed by atoms with Crippen LogP contribution in [0.25, 0.3) is 11.3 Å². The number of aromatic nitrogens is 1. The van der Waals surface area contributed by atoms with Crippen LogP contribution in [0.3, 0.4) is 0 Å². The second-order valence-electron chi connectivity index (χ2n) is 6.08. The first kappa shape index (κ1) is 15.5. The molecule has 2 aromatic rings. The quantitative estimate of drug-likeness (QED) is 0.937. The van der Waals surface area contributed by atoms with E-state index in [0.717, 1.165) is 11.3 Å². The molecule has 1 heterocycles. The Bertz CT molecular complexity index is 699. The minimum absolute atomic E-state index is 0.0320. The smallest absolute Gasteiger partial charge is 0.255 e. The van der Waals surface area contributed by atoms with Gasteiger partial charge in [-0.15, -0.1) is 0 Å². The van der Waals surface area contributed by atoms with E-state index < -0.39 is 0 Å². The Morgan fingerprint density at radius 1 is 1.14 bits per heavy atom. The van der Waals surface area contributed by atoms with Crippen molar-refractivity contribution in [2.75, 3.05) is 0 Å². The second kappa shape index (κ2) is 6.27. The molecule has 0 aliphatic carbocycles. The summed E-state index contributed by atoms with van der Waals surface area (Å²) in [5.41, 5.74) is 10.9. The lowest BCUT2D eigenvalue weighted by molar-refractivity contribution is 0.512. The maximum atomic E-state index is 12.6. The summed E-state index contributed by atoms with van der Waals surface area (Å²) < 4.78 is 1.87. The highest BCUT2D eigenvalue weighted by Crippen LogP contribution is 2.24. The van der Waals surface area contributed by atoms with Gasteiger partial charge in [-0.2, -0.15) is 0 Å². The number of rotatable bonds is 4. The van der Waals surface area contributed by atoms with Gasteiger partial charge in [0.1, 0.15) is 0 Å². The van der Waals surface area contributed by atoms with Crippen molar-refractivity contribution in [3.63, 3.8) is 0 Å². The Kier molecular flexibility index (Phi) is 4.63. The molecule has 0 fully saturated rings. The van der Waals surface area contributed by atoms with Gasteiger partial charge in [-0.3, -0.25) is 4.79 Å². The molecule has 21 heavy (non-hydrogen) atoms. The monoisotopic (exact) mass is 284 g/mol. The first-order chi connectivity index (χ1) is 9.93. The minimum atomic E-state index is 0.0320. The van der Waals surface area contributed by atoms with Crippen LogP contribution in [0.2, 0.25) is 0 Å². The van der Waals surface area contributed by atoms with Gasteiger partial charge < -0.3 is 10.3 Å². The molecule has 2 N–H and O–H groups in total. The molecule has 0 aliphatic heterocycles. The van der Waals surface area contributed by atoms with Gasteiger partial charge in [0.05, 0.1) is 5.69 Å². The molecule has 0 atom stereocenters. The van der Waals surface area contributed by atoms with Crippen molar-refractivity contribution in [3.05, 3.63) is 57.4 Å². The fourth-order valence-electron chi connectivity index (χ4n) is 2.57. The summed E-state index contributed by atoms with van der Waals surface area (Å²) in [4.78, 5) is 12.6. The molecular weight excluding hydrogens is 260 g/mol. The van der Waals surface area contributed by atoms with E-state index in [4.69, 9.17) is 5.73 Å². The van der Waals surface area contributed by atoms with Crippen molar-refractivity contribution >= 4 is 0 Å². The average molecular weight is 284 g/mol. The lowest BCUT2D eigenvalue weighted by atomic mass is 10.0. The number of pyridine rings is 1. The number of nitrogens with zero attached hydrogens (tertiary/aromatic N) is 1. The molecule has 2 rings (SSSR count). The normalized spacial score (nSPS) is 11.1. The molecule has 0 radical (unpaired) electrons. The third-order valence-electron chi connectivity index (χ3n) is 3.69. The summed E-state index contributed by atoms with van der Waals surface area (Å²) in [7, 11) is 0. The molecular formula is C18H24N2O. The van der Waals surface area contributed by atoms with E-state index in [1.807, 2.05) is 16.7 Å². The molecule has 0 saturated heterocycles. The predicted octanol–water partition coefficient (Wildman–Crippen LogP) is 3.25. The zero-order valence-corrected chi connectivity index (χ0v) is 13.3. The van der Waals surface area contributed by atoms with Crippen LogP contribution in [0.4, 0.5) is 0 Å². The van der Waals surface area contributed by atoms with E-state index in [1.165, 1.54) is 11.1 Å². The molecule has 0 bridgehead atoms. The predicted molar refractivity (Wildman–Crippen MR) is 88.3 cm³/mol. The van der Waals surface area contributed by atoms with Crippen molar-refractivity contribution in [3.8, 4) is 11.3 Å². The van der Waals surface area contributed by atoms with E-state index >= 15 is 0 Å². The van der Waals surface area contributed by atoms with E-state index in [0.29, 0.717) is 18.0 Å². The number of nitrogens with two attached hydrogens (primary N) is 1. The van der Waals surface area contributed by atoms with Crippen LogP contribution < -0.4 is 11.3 Å². The zero-order chi connectivity index (χ0) is 15.6. The molecule has 3 heteroatoms. The van der Waals surface area contributed by atoms with Crippen molar-refractivity contribution in [1.29, 1.82) is 0 Å². The lowest BCUT2D eigenvalue weighted by Gasteiger charge is -2.18. The topological polar surface area (TPSA) is 48.0 Å². The number of hydrogen-bond donors (Lipinski definition) is 1. The van der Waals surface area contributed by atoms with Gasteiger partial charge in [-0.25, -0.2) is 0 Å². The highest BCUT2D eigenvalue weighted by Gasteiger charge is 2.12. The Labute approximate surface area is 126 Å². The standard InChI is InChI=1S/C18H24N2O/c1-12(2)11-20-17(8-7-15(10-19)18(20)21)16-9-13(3)5-6-14(16)4/h5-9,12H,10-11,19H2,1-4H3. The molecule has 0 saturated carbocycles. The Morgan fingerprint density at radius 2 is 1.86 bits per heavy atom. The van der Waals surface area contributed by atoms with Crippen LogP contribution in [0.1, 0.15) is 30.5 Å². The Balaban J connectivity index is 2.70. The van der Waals surface area contributed by atoms with Gasteiger partial charge in [0.2, 0.25) is 0 Å². The molecule has 3 nitrogen and oxygen atoms in total. The van der Waals surface area contributed by atoms with E-state index in [9.17, 15) is 4.79 Å². The summed E-state index contributed by atoms with van der Waals surface area (Å²) in [6, 6.07) is 10.2.